The fourth-order valence-corrected chi connectivity index (χ4v) is 2.12. The first kappa shape index (κ1) is 12.1. The summed E-state index contributed by atoms with van der Waals surface area (Å²) in [5.74, 6) is 5.07. The predicted octanol–water partition coefficient (Wildman–Crippen LogP) is 0.664. The Bertz CT molecular complexity index is 508. The lowest BCUT2D eigenvalue weighted by atomic mass is 10.1. The molecule has 0 radical (unpaired) electrons. The highest BCUT2D eigenvalue weighted by Gasteiger charge is 2.21. The van der Waals surface area contributed by atoms with Gasteiger partial charge in [0.05, 0.1) is 17.9 Å². The molecule has 1 atom stereocenters. The van der Waals surface area contributed by atoms with Gasteiger partial charge in [-0.05, 0) is 27.6 Å². The van der Waals surface area contributed by atoms with Crippen LogP contribution in [0.25, 0.3) is 0 Å². The molecule has 0 aliphatic rings. The van der Waals surface area contributed by atoms with Crippen LogP contribution in [0.5, 0.6) is 0 Å². The number of nitrogens with zero attached hydrogens (tertiary/aromatic N) is 4. The molecule has 6 nitrogen and oxygen atoms in total. The van der Waals surface area contributed by atoms with E-state index in [2.05, 4.69) is 36.7 Å². The Morgan fingerprint density at radius 1 is 1.53 bits per heavy atom. The third kappa shape index (κ3) is 2.33. The molecule has 2 aromatic rings. The third-order valence-electron chi connectivity index (χ3n) is 2.33. The first-order valence-corrected chi connectivity index (χ1v) is 5.54. The van der Waals surface area contributed by atoms with Crippen LogP contribution in [0.4, 0.5) is 4.39 Å². The van der Waals surface area contributed by atoms with E-state index in [9.17, 15) is 4.39 Å². The van der Waals surface area contributed by atoms with E-state index in [4.69, 9.17) is 5.84 Å². The lowest BCUT2D eigenvalue weighted by Crippen LogP contribution is -2.30. The minimum Gasteiger partial charge on any atom is -0.271 e. The second kappa shape index (κ2) is 4.86. The molecule has 2 heterocycles. The molecule has 3 N–H and O–H groups in total. The molecule has 8 heteroatoms. The standard InChI is InChI=1S/C9H10BrFN6/c1-17-8(9(10)15-16-17)7(14-12)5-2-6(11)4-13-3-5/h2-4,7,14H,12H2,1H3. The van der Waals surface area contributed by atoms with Crippen LogP contribution < -0.4 is 11.3 Å². The van der Waals surface area contributed by atoms with E-state index in [0.29, 0.717) is 15.9 Å². The Morgan fingerprint density at radius 3 is 2.82 bits per heavy atom. The van der Waals surface area contributed by atoms with Crippen LogP contribution in [0.1, 0.15) is 17.3 Å². The van der Waals surface area contributed by atoms with Crippen LogP contribution in [0, 0.1) is 5.82 Å². The number of aromatic nitrogens is 4. The number of nitrogens with two attached hydrogens (primary N) is 1. The minimum absolute atomic E-state index is 0.422. The molecular formula is C9H10BrFN6. The quantitative estimate of drug-likeness (QED) is 0.643. The molecule has 0 amide bonds. The number of pyridine rings is 1. The SMILES string of the molecule is Cn1nnc(Br)c1C(NN)c1cncc(F)c1. The molecule has 2 aromatic heterocycles. The molecule has 0 bridgehead atoms. The molecule has 1 unspecified atom stereocenters. The summed E-state index contributed by atoms with van der Waals surface area (Å²) in [7, 11) is 1.73. The van der Waals surface area contributed by atoms with Gasteiger partial charge in [0.15, 0.2) is 4.60 Å². The van der Waals surface area contributed by atoms with Crippen LogP contribution >= 0.6 is 15.9 Å². The first-order chi connectivity index (χ1) is 8.13. The Hall–Kier alpha value is -1.38. The number of aryl methyl sites for hydroxylation is 1. The van der Waals surface area contributed by atoms with Crippen molar-refractivity contribution < 1.29 is 4.39 Å². The van der Waals surface area contributed by atoms with Gasteiger partial charge in [-0.1, -0.05) is 5.21 Å². The molecule has 17 heavy (non-hydrogen) atoms. The molecule has 0 aromatic carbocycles. The topological polar surface area (TPSA) is 81.7 Å². The van der Waals surface area contributed by atoms with Crippen LogP contribution in [0.15, 0.2) is 23.1 Å². The third-order valence-corrected chi connectivity index (χ3v) is 2.89. The van der Waals surface area contributed by atoms with E-state index in [1.54, 1.807) is 11.7 Å². The minimum atomic E-state index is -0.437. The number of hydrogen-bond acceptors (Lipinski definition) is 5. The highest BCUT2D eigenvalue weighted by atomic mass is 79.9. The molecule has 0 aliphatic heterocycles. The fourth-order valence-electron chi connectivity index (χ4n) is 1.56. The average Bonchev–Trinajstić information content (AvgIpc) is 2.62. The van der Waals surface area contributed by atoms with E-state index < -0.39 is 11.9 Å². The van der Waals surface area contributed by atoms with Gasteiger partial charge in [-0.15, -0.1) is 5.10 Å². The summed E-state index contributed by atoms with van der Waals surface area (Å²) < 4.78 is 15.2. The molecule has 0 saturated heterocycles. The fraction of sp³-hybridized carbons (Fsp3) is 0.222. The summed E-state index contributed by atoms with van der Waals surface area (Å²) in [6, 6.07) is 0.921. The van der Waals surface area contributed by atoms with E-state index in [1.165, 1.54) is 12.3 Å². The molecule has 2 rings (SSSR count). The maximum Gasteiger partial charge on any atom is 0.153 e. The molecule has 0 saturated carbocycles. The Balaban J connectivity index is 2.47. The van der Waals surface area contributed by atoms with Gasteiger partial charge in [0.2, 0.25) is 0 Å². The van der Waals surface area contributed by atoms with Crippen molar-refractivity contribution >= 4 is 15.9 Å². The second-order valence-corrected chi connectivity index (χ2v) is 4.18. The van der Waals surface area contributed by atoms with Gasteiger partial charge in [0, 0.05) is 13.2 Å². The van der Waals surface area contributed by atoms with Crippen LogP contribution in [-0.4, -0.2) is 20.0 Å². The summed E-state index contributed by atoms with van der Waals surface area (Å²) in [6.45, 7) is 0. The van der Waals surface area contributed by atoms with Crippen molar-refractivity contribution in [2.24, 2.45) is 12.9 Å². The lowest BCUT2D eigenvalue weighted by molar-refractivity contribution is 0.558. The number of hydrazine groups is 1. The smallest absolute Gasteiger partial charge is 0.153 e. The van der Waals surface area contributed by atoms with Crippen molar-refractivity contribution in [1.82, 2.24) is 25.4 Å². The van der Waals surface area contributed by atoms with Gasteiger partial charge in [-0.3, -0.25) is 10.8 Å². The summed E-state index contributed by atoms with van der Waals surface area (Å²) >= 11 is 3.27. The Labute approximate surface area is 105 Å². The van der Waals surface area contributed by atoms with Crippen molar-refractivity contribution in [3.05, 3.63) is 40.1 Å². The van der Waals surface area contributed by atoms with Gasteiger partial charge >= 0.3 is 0 Å². The summed E-state index contributed by atoms with van der Waals surface area (Å²) in [4.78, 5) is 3.79. The van der Waals surface area contributed by atoms with Crippen LogP contribution in [-0.2, 0) is 7.05 Å². The average molecular weight is 301 g/mol. The zero-order valence-corrected chi connectivity index (χ0v) is 10.5. The number of nitrogens with one attached hydrogen (secondary N) is 1. The Kier molecular flexibility index (Phi) is 3.46. The number of rotatable bonds is 3. The molecule has 0 aliphatic carbocycles. The maximum atomic E-state index is 13.1. The van der Waals surface area contributed by atoms with Crippen molar-refractivity contribution in [3.8, 4) is 0 Å². The lowest BCUT2D eigenvalue weighted by Gasteiger charge is -2.16. The zero-order chi connectivity index (χ0) is 12.4. The largest absolute Gasteiger partial charge is 0.271 e. The van der Waals surface area contributed by atoms with Crippen molar-refractivity contribution in [2.45, 2.75) is 6.04 Å². The molecular weight excluding hydrogens is 291 g/mol. The van der Waals surface area contributed by atoms with Crippen LogP contribution in [0.2, 0.25) is 0 Å². The highest BCUT2D eigenvalue weighted by Crippen LogP contribution is 2.25. The monoisotopic (exact) mass is 300 g/mol. The molecule has 0 fully saturated rings. The Morgan fingerprint density at radius 2 is 2.29 bits per heavy atom. The number of hydrogen-bond donors (Lipinski definition) is 2. The van der Waals surface area contributed by atoms with Gasteiger partial charge in [0.25, 0.3) is 0 Å². The van der Waals surface area contributed by atoms with Gasteiger partial charge in [-0.2, -0.15) is 0 Å². The van der Waals surface area contributed by atoms with Crippen LogP contribution in [0.3, 0.4) is 0 Å². The second-order valence-electron chi connectivity index (χ2n) is 3.43. The van der Waals surface area contributed by atoms with E-state index >= 15 is 0 Å². The maximum absolute atomic E-state index is 13.1. The highest BCUT2D eigenvalue weighted by molar-refractivity contribution is 9.10. The van der Waals surface area contributed by atoms with Crippen molar-refractivity contribution in [1.29, 1.82) is 0 Å². The van der Waals surface area contributed by atoms with Gasteiger partial charge in [0.1, 0.15) is 5.82 Å². The van der Waals surface area contributed by atoms with Crippen molar-refractivity contribution in [2.75, 3.05) is 0 Å². The van der Waals surface area contributed by atoms with Gasteiger partial charge < -0.3 is 0 Å². The summed E-state index contributed by atoms with van der Waals surface area (Å²) in [5.41, 5.74) is 3.88. The predicted molar refractivity (Wildman–Crippen MR) is 62.1 cm³/mol. The first-order valence-electron chi connectivity index (χ1n) is 4.75. The van der Waals surface area contributed by atoms with E-state index in [-0.39, 0.29) is 0 Å². The van der Waals surface area contributed by atoms with E-state index in [1.807, 2.05) is 0 Å². The van der Waals surface area contributed by atoms with Crippen molar-refractivity contribution in [3.63, 3.8) is 0 Å². The van der Waals surface area contributed by atoms with E-state index in [0.717, 1.165) is 6.20 Å². The zero-order valence-electron chi connectivity index (χ0n) is 8.93. The molecule has 0 spiro atoms. The summed E-state index contributed by atoms with van der Waals surface area (Å²) in [6.07, 6.45) is 2.67. The molecule has 90 valence electrons. The summed E-state index contributed by atoms with van der Waals surface area (Å²) in [5, 5.41) is 7.70. The normalized spacial score (nSPS) is 12.7. The van der Waals surface area contributed by atoms with Gasteiger partial charge in [-0.25, -0.2) is 14.5 Å². The number of halogens is 2.